The highest BCUT2D eigenvalue weighted by molar-refractivity contribution is 5.89. The Morgan fingerprint density at radius 2 is 1.76 bits per heavy atom. The number of anilines is 1. The number of imidazole rings is 1. The van der Waals surface area contributed by atoms with Crippen LogP contribution in [0.3, 0.4) is 0 Å². The Kier molecular flexibility index (Phi) is 8.96. The second kappa shape index (κ2) is 12.6. The number of hydrogen-bond acceptors (Lipinski definition) is 4. The molecular formula is C30H29F3N4O4. The van der Waals surface area contributed by atoms with E-state index in [1.165, 1.54) is 16.7 Å². The lowest BCUT2D eigenvalue weighted by Gasteiger charge is -2.22. The van der Waals surface area contributed by atoms with Gasteiger partial charge in [0.15, 0.2) is 0 Å². The lowest BCUT2D eigenvalue weighted by Crippen LogP contribution is -2.34. The Labute approximate surface area is 234 Å². The Balaban J connectivity index is 0.000000493. The van der Waals surface area contributed by atoms with Crippen molar-refractivity contribution in [2.75, 3.05) is 19.0 Å². The van der Waals surface area contributed by atoms with Crippen molar-refractivity contribution in [3.63, 3.8) is 0 Å². The van der Waals surface area contributed by atoms with Gasteiger partial charge in [-0.3, -0.25) is 0 Å². The number of ether oxygens (including phenoxy) is 1. The number of aliphatic carboxylic acids is 1. The number of benzene rings is 3. The maximum atomic E-state index is 12.8. The Bertz CT molecular complexity index is 1510. The number of fused-ring (bicyclic) bond motifs is 1. The molecule has 0 spiro atoms. The number of aryl methyl sites for hydroxylation is 1. The number of halogens is 3. The predicted molar refractivity (Wildman–Crippen MR) is 147 cm³/mol. The molecule has 5 rings (SSSR count). The van der Waals surface area contributed by atoms with E-state index in [9.17, 15) is 18.0 Å². The minimum absolute atomic E-state index is 0.226. The number of carboxylic acids is 1. The standard InChI is InChI=1S/C28H28N4O2.C2HF3O2/c1-19-17-32(18-30-19)25-13-12-23(15-26(25)34-2)31-28(33)29-16-22-14-21-10-6-7-11-24(21)27(22)20-8-4-3-5-9-20;3-2(4,5)1(6)7/h3-13,15,17-18,22,27H,14,16H2,1-2H3,(H2,29,31,33);(H,6,7). The topological polar surface area (TPSA) is 105 Å². The Morgan fingerprint density at radius 1 is 1.07 bits per heavy atom. The zero-order valence-corrected chi connectivity index (χ0v) is 22.4. The summed E-state index contributed by atoms with van der Waals surface area (Å²) in [5.74, 6) is -1.53. The average Bonchev–Trinajstić information content (AvgIpc) is 3.55. The van der Waals surface area contributed by atoms with E-state index < -0.39 is 12.1 Å². The van der Waals surface area contributed by atoms with Gasteiger partial charge in [0.2, 0.25) is 0 Å². The summed E-state index contributed by atoms with van der Waals surface area (Å²) >= 11 is 0. The van der Waals surface area contributed by atoms with Crippen LogP contribution in [0.15, 0.2) is 85.3 Å². The molecule has 1 aliphatic rings. The summed E-state index contributed by atoms with van der Waals surface area (Å²) in [6.45, 7) is 2.53. The summed E-state index contributed by atoms with van der Waals surface area (Å²) in [5, 5.41) is 13.2. The first-order valence-electron chi connectivity index (χ1n) is 12.7. The molecule has 1 aliphatic carbocycles. The van der Waals surface area contributed by atoms with Crippen LogP contribution in [0.1, 0.15) is 28.3 Å². The average molecular weight is 567 g/mol. The maximum absolute atomic E-state index is 12.8. The maximum Gasteiger partial charge on any atom is 0.490 e. The van der Waals surface area contributed by atoms with Crippen LogP contribution in [0.2, 0.25) is 0 Å². The second-order valence-corrected chi connectivity index (χ2v) is 9.50. The molecule has 0 bridgehead atoms. The molecule has 8 nitrogen and oxygen atoms in total. The van der Waals surface area contributed by atoms with Gasteiger partial charge in [0, 0.05) is 30.4 Å². The van der Waals surface area contributed by atoms with Gasteiger partial charge in [0.25, 0.3) is 0 Å². The van der Waals surface area contributed by atoms with Crippen molar-refractivity contribution in [3.8, 4) is 11.4 Å². The Morgan fingerprint density at radius 3 is 2.39 bits per heavy atom. The molecule has 2 unspecified atom stereocenters. The van der Waals surface area contributed by atoms with Gasteiger partial charge in [-0.05, 0) is 48.1 Å². The van der Waals surface area contributed by atoms with E-state index in [0.29, 0.717) is 23.9 Å². The van der Waals surface area contributed by atoms with Gasteiger partial charge in [0.1, 0.15) is 5.75 Å². The lowest BCUT2D eigenvalue weighted by molar-refractivity contribution is -0.192. The summed E-state index contributed by atoms with van der Waals surface area (Å²) in [5.41, 5.74) is 6.46. The van der Waals surface area contributed by atoms with Crippen LogP contribution < -0.4 is 15.4 Å². The molecule has 1 heterocycles. The summed E-state index contributed by atoms with van der Waals surface area (Å²) < 4.78 is 39.2. The third kappa shape index (κ3) is 7.24. The number of alkyl halides is 3. The van der Waals surface area contributed by atoms with E-state index in [2.05, 4.69) is 64.1 Å². The minimum Gasteiger partial charge on any atom is -0.494 e. The van der Waals surface area contributed by atoms with Gasteiger partial charge >= 0.3 is 18.2 Å². The highest BCUT2D eigenvalue weighted by Gasteiger charge is 2.38. The number of carbonyl (C=O) groups is 2. The quantitative estimate of drug-likeness (QED) is 0.268. The molecule has 0 aliphatic heterocycles. The van der Waals surface area contributed by atoms with E-state index in [0.717, 1.165) is 17.8 Å². The van der Waals surface area contributed by atoms with E-state index in [1.54, 1.807) is 13.4 Å². The fraction of sp³-hybridized carbons (Fsp3) is 0.233. The SMILES string of the molecule is COc1cc(NC(=O)NCC2Cc3ccccc3C2c2ccccc2)ccc1-n1cnc(C)c1.O=C(O)C(F)(F)F. The van der Waals surface area contributed by atoms with Gasteiger partial charge in [-0.25, -0.2) is 14.6 Å². The monoisotopic (exact) mass is 566 g/mol. The number of rotatable bonds is 6. The van der Waals surface area contributed by atoms with Crippen LogP contribution >= 0.6 is 0 Å². The number of aromatic nitrogens is 2. The first kappa shape index (κ1) is 29.2. The van der Waals surface area contributed by atoms with Crippen LogP contribution in [0.5, 0.6) is 5.75 Å². The third-order valence-electron chi connectivity index (χ3n) is 6.70. The number of nitrogens with one attached hydrogen (secondary N) is 2. The molecular weight excluding hydrogens is 537 g/mol. The molecule has 2 atom stereocenters. The van der Waals surface area contributed by atoms with Crippen LogP contribution in [-0.2, 0) is 11.2 Å². The number of carbonyl (C=O) groups excluding carboxylic acids is 1. The highest BCUT2D eigenvalue weighted by atomic mass is 19.4. The van der Waals surface area contributed by atoms with Crippen LogP contribution in [0.4, 0.5) is 23.7 Å². The molecule has 0 saturated carbocycles. The summed E-state index contributed by atoms with van der Waals surface area (Å²) in [6.07, 6.45) is -0.459. The number of nitrogens with zero attached hydrogens (tertiary/aromatic N) is 2. The number of carboxylic acid groups (broad SMARTS) is 1. The van der Waals surface area contributed by atoms with Crippen molar-refractivity contribution in [3.05, 3.63) is 108 Å². The van der Waals surface area contributed by atoms with Crippen molar-refractivity contribution in [2.45, 2.75) is 25.4 Å². The van der Waals surface area contributed by atoms with Gasteiger partial charge in [-0.2, -0.15) is 13.2 Å². The number of methoxy groups -OCH3 is 1. The Hall–Kier alpha value is -4.80. The first-order chi connectivity index (χ1) is 19.6. The molecule has 214 valence electrons. The van der Waals surface area contributed by atoms with Crippen LogP contribution in [-0.4, -0.2) is 46.5 Å². The molecule has 0 radical (unpaired) electrons. The van der Waals surface area contributed by atoms with Gasteiger partial charge in [0.05, 0.1) is 24.8 Å². The molecule has 0 saturated heterocycles. The van der Waals surface area contributed by atoms with Gasteiger partial charge in [-0.15, -0.1) is 0 Å². The third-order valence-corrected chi connectivity index (χ3v) is 6.70. The first-order valence-corrected chi connectivity index (χ1v) is 12.7. The largest absolute Gasteiger partial charge is 0.494 e. The van der Waals surface area contributed by atoms with E-state index in [1.807, 2.05) is 42.0 Å². The lowest BCUT2D eigenvalue weighted by atomic mass is 9.86. The van der Waals surface area contributed by atoms with E-state index in [4.69, 9.17) is 14.6 Å². The fourth-order valence-corrected chi connectivity index (χ4v) is 4.90. The van der Waals surface area contributed by atoms with Crippen LogP contribution in [0.25, 0.3) is 5.69 Å². The fourth-order valence-electron chi connectivity index (χ4n) is 4.90. The van der Waals surface area contributed by atoms with Crippen molar-refractivity contribution in [1.82, 2.24) is 14.9 Å². The normalized spacial score (nSPS) is 15.7. The van der Waals surface area contributed by atoms with Crippen molar-refractivity contribution in [2.24, 2.45) is 5.92 Å². The zero-order chi connectivity index (χ0) is 29.6. The zero-order valence-electron chi connectivity index (χ0n) is 22.4. The van der Waals surface area contributed by atoms with Gasteiger partial charge < -0.3 is 25.0 Å². The number of amides is 2. The molecule has 11 heteroatoms. The predicted octanol–water partition coefficient (Wildman–Crippen LogP) is 5.95. The van der Waals surface area contributed by atoms with Crippen molar-refractivity contribution >= 4 is 17.7 Å². The van der Waals surface area contributed by atoms with Gasteiger partial charge in [-0.1, -0.05) is 54.6 Å². The van der Waals surface area contributed by atoms with E-state index >= 15 is 0 Å². The summed E-state index contributed by atoms with van der Waals surface area (Å²) in [7, 11) is 1.62. The van der Waals surface area contributed by atoms with Crippen LogP contribution in [0, 0.1) is 12.8 Å². The molecule has 3 aromatic carbocycles. The highest BCUT2D eigenvalue weighted by Crippen LogP contribution is 2.42. The molecule has 41 heavy (non-hydrogen) atoms. The molecule has 1 aromatic heterocycles. The molecule has 2 amide bonds. The second-order valence-electron chi connectivity index (χ2n) is 9.50. The summed E-state index contributed by atoms with van der Waals surface area (Å²) in [6, 6.07) is 24.5. The van der Waals surface area contributed by atoms with E-state index in [-0.39, 0.29) is 11.9 Å². The summed E-state index contributed by atoms with van der Waals surface area (Å²) in [4.78, 5) is 25.9. The number of hydrogen-bond donors (Lipinski definition) is 3. The minimum atomic E-state index is -5.08. The smallest absolute Gasteiger partial charge is 0.490 e. The number of urea groups is 1. The molecule has 3 N–H and O–H groups in total. The molecule has 4 aromatic rings. The van der Waals surface area contributed by atoms with Crippen molar-refractivity contribution in [1.29, 1.82) is 0 Å². The molecule has 0 fully saturated rings. The van der Waals surface area contributed by atoms with Crippen molar-refractivity contribution < 1.29 is 32.6 Å².